The first-order chi connectivity index (χ1) is 11.8. The summed E-state index contributed by atoms with van der Waals surface area (Å²) in [6.45, 7) is 2.53. The molecule has 0 aliphatic heterocycles. The second kappa shape index (κ2) is 6.60. The lowest BCUT2D eigenvalue weighted by atomic mass is 10.2. The standard InChI is InChI=1S/C15H16N6O2S/c1-2-22-12-6-4-3-5-11(12)14-16-13(23-18-14)9-24-15-17-19-20-21(15)10-7-8-10/h3-6,10H,2,7-9H2,1H3. The van der Waals surface area contributed by atoms with E-state index in [9.17, 15) is 0 Å². The van der Waals surface area contributed by atoms with Gasteiger partial charge in [0.05, 0.1) is 24.0 Å². The molecule has 1 aliphatic carbocycles. The van der Waals surface area contributed by atoms with Gasteiger partial charge in [-0.15, -0.1) is 5.10 Å². The highest BCUT2D eigenvalue weighted by molar-refractivity contribution is 7.98. The van der Waals surface area contributed by atoms with E-state index in [0.29, 0.717) is 30.1 Å². The Labute approximate surface area is 142 Å². The number of benzene rings is 1. The first-order valence-corrected chi connectivity index (χ1v) is 8.79. The summed E-state index contributed by atoms with van der Waals surface area (Å²) in [4.78, 5) is 4.46. The molecular weight excluding hydrogens is 328 g/mol. The molecule has 8 nitrogen and oxygen atoms in total. The maximum atomic E-state index is 5.61. The van der Waals surface area contributed by atoms with E-state index in [4.69, 9.17) is 9.26 Å². The first kappa shape index (κ1) is 15.1. The summed E-state index contributed by atoms with van der Waals surface area (Å²) >= 11 is 1.50. The van der Waals surface area contributed by atoms with Crippen molar-refractivity contribution in [2.75, 3.05) is 6.61 Å². The fraction of sp³-hybridized carbons (Fsp3) is 0.400. The zero-order valence-corrected chi connectivity index (χ0v) is 13.9. The van der Waals surface area contributed by atoms with E-state index in [1.165, 1.54) is 11.8 Å². The van der Waals surface area contributed by atoms with Gasteiger partial charge in [-0.25, -0.2) is 4.68 Å². The van der Waals surface area contributed by atoms with Gasteiger partial charge in [-0.05, 0) is 42.3 Å². The van der Waals surface area contributed by atoms with Crippen molar-refractivity contribution in [1.29, 1.82) is 0 Å². The third kappa shape index (κ3) is 3.12. The number of rotatable bonds is 7. The van der Waals surface area contributed by atoms with Crippen LogP contribution >= 0.6 is 11.8 Å². The van der Waals surface area contributed by atoms with Gasteiger partial charge in [-0.2, -0.15) is 4.98 Å². The average molecular weight is 344 g/mol. The van der Waals surface area contributed by atoms with Crippen LogP contribution in [0.2, 0.25) is 0 Å². The Morgan fingerprint density at radius 1 is 1.33 bits per heavy atom. The maximum absolute atomic E-state index is 5.61. The molecule has 0 amide bonds. The van der Waals surface area contributed by atoms with Crippen LogP contribution in [0.5, 0.6) is 5.75 Å². The molecule has 1 aliphatic rings. The van der Waals surface area contributed by atoms with Crippen LogP contribution in [0.25, 0.3) is 11.4 Å². The van der Waals surface area contributed by atoms with Crippen LogP contribution in [0.4, 0.5) is 0 Å². The van der Waals surface area contributed by atoms with Crippen molar-refractivity contribution in [2.24, 2.45) is 0 Å². The van der Waals surface area contributed by atoms with Crippen LogP contribution < -0.4 is 4.74 Å². The van der Waals surface area contributed by atoms with E-state index in [1.807, 2.05) is 35.9 Å². The van der Waals surface area contributed by atoms with Gasteiger partial charge < -0.3 is 9.26 Å². The van der Waals surface area contributed by atoms with Gasteiger partial charge in [-0.3, -0.25) is 0 Å². The zero-order valence-electron chi connectivity index (χ0n) is 13.1. The maximum Gasteiger partial charge on any atom is 0.237 e. The summed E-state index contributed by atoms with van der Waals surface area (Å²) in [5.41, 5.74) is 0.821. The SMILES string of the molecule is CCOc1ccccc1-c1noc(CSc2nnnn2C2CC2)n1. The van der Waals surface area contributed by atoms with Gasteiger partial charge in [0, 0.05) is 0 Å². The summed E-state index contributed by atoms with van der Waals surface area (Å²) in [6, 6.07) is 8.10. The van der Waals surface area contributed by atoms with E-state index in [1.54, 1.807) is 0 Å². The molecule has 0 radical (unpaired) electrons. The molecule has 1 saturated carbocycles. The molecule has 124 valence electrons. The van der Waals surface area contributed by atoms with E-state index >= 15 is 0 Å². The molecule has 4 rings (SSSR count). The lowest BCUT2D eigenvalue weighted by Gasteiger charge is -2.05. The number of tetrazole rings is 1. The summed E-state index contributed by atoms with van der Waals surface area (Å²) in [6.07, 6.45) is 2.27. The number of aromatic nitrogens is 6. The third-order valence-electron chi connectivity index (χ3n) is 3.58. The van der Waals surface area contributed by atoms with Crippen LogP contribution in [-0.4, -0.2) is 37.0 Å². The number of thioether (sulfide) groups is 1. The lowest BCUT2D eigenvalue weighted by Crippen LogP contribution is -1.98. The summed E-state index contributed by atoms with van der Waals surface area (Å²) in [7, 11) is 0. The molecule has 2 aromatic heterocycles. The number of hydrogen-bond acceptors (Lipinski definition) is 8. The Bertz CT molecular complexity index is 829. The monoisotopic (exact) mass is 344 g/mol. The molecule has 2 heterocycles. The van der Waals surface area contributed by atoms with Crippen molar-refractivity contribution < 1.29 is 9.26 Å². The van der Waals surface area contributed by atoms with Gasteiger partial charge >= 0.3 is 0 Å². The number of nitrogens with zero attached hydrogens (tertiary/aromatic N) is 6. The molecule has 1 fully saturated rings. The van der Waals surface area contributed by atoms with Crippen molar-refractivity contribution in [3.8, 4) is 17.1 Å². The second-order valence-corrected chi connectivity index (χ2v) is 6.31. The Morgan fingerprint density at radius 2 is 2.21 bits per heavy atom. The Morgan fingerprint density at radius 3 is 3.04 bits per heavy atom. The number of hydrogen-bond donors (Lipinski definition) is 0. The minimum Gasteiger partial charge on any atom is -0.493 e. The molecule has 0 atom stereocenters. The van der Waals surface area contributed by atoms with Gasteiger partial charge in [-0.1, -0.05) is 29.1 Å². The molecule has 0 spiro atoms. The smallest absolute Gasteiger partial charge is 0.237 e. The fourth-order valence-corrected chi connectivity index (χ4v) is 3.09. The predicted molar refractivity (Wildman–Crippen MR) is 86.6 cm³/mol. The van der Waals surface area contributed by atoms with Gasteiger partial charge in [0.1, 0.15) is 5.75 Å². The highest BCUT2D eigenvalue weighted by atomic mass is 32.2. The Hall–Kier alpha value is -2.42. The highest BCUT2D eigenvalue weighted by Crippen LogP contribution is 2.37. The van der Waals surface area contributed by atoms with Crippen LogP contribution in [0.1, 0.15) is 31.7 Å². The fourth-order valence-electron chi connectivity index (χ4n) is 2.31. The van der Waals surface area contributed by atoms with Gasteiger partial charge in [0.2, 0.25) is 16.9 Å². The van der Waals surface area contributed by atoms with Crippen molar-refractivity contribution in [1.82, 2.24) is 30.3 Å². The van der Waals surface area contributed by atoms with E-state index in [-0.39, 0.29) is 0 Å². The Balaban J connectivity index is 1.48. The lowest BCUT2D eigenvalue weighted by molar-refractivity contribution is 0.341. The molecular formula is C15H16N6O2S. The normalized spacial score (nSPS) is 14.0. The minimum absolute atomic E-state index is 0.443. The van der Waals surface area contributed by atoms with Gasteiger partial charge in [0.15, 0.2) is 0 Å². The quantitative estimate of drug-likeness (QED) is 0.604. The first-order valence-electron chi connectivity index (χ1n) is 7.80. The molecule has 0 saturated heterocycles. The summed E-state index contributed by atoms with van der Waals surface area (Å²) in [5, 5.41) is 16.7. The largest absolute Gasteiger partial charge is 0.493 e. The van der Waals surface area contributed by atoms with Crippen LogP contribution in [0, 0.1) is 0 Å². The molecule has 0 bridgehead atoms. The summed E-state index contributed by atoms with van der Waals surface area (Å²) in [5.74, 6) is 2.33. The van der Waals surface area contributed by atoms with E-state index in [2.05, 4.69) is 25.7 Å². The molecule has 9 heteroatoms. The van der Waals surface area contributed by atoms with Crippen LogP contribution in [0.3, 0.4) is 0 Å². The van der Waals surface area contributed by atoms with Crippen molar-refractivity contribution in [3.63, 3.8) is 0 Å². The second-order valence-electron chi connectivity index (χ2n) is 5.37. The van der Waals surface area contributed by atoms with Crippen LogP contribution in [-0.2, 0) is 5.75 Å². The zero-order chi connectivity index (χ0) is 16.4. The predicted octanol–water partition coefficient (Wildman–Crippen LogP) is 2.75. The average Bonchev–Trinajstić information content (AvgIpc) is 3.16. The van der Waals surface area contributed by atoms with E-state index < -0.39 is 0 Å². The topological polar surface area (TPSA) is 91.8 Å². The van der Waals surface area contributed by atoms with Gasteiger partial charge in [0.25, 0.3) is 0 Å². The highest BCUT2D eigenvalue weighted by Gasteiger charge is 2.28. The van der Waals surface area contributed by atoms with E-state index in [0.717, 1.165) is 29.3 Å². The minimum atomic E-state index is 0.443. The third-order valence-corrected chi connectivity index (χ3v) is 4.49. The molecule has 0 N–H and O–H groups in total. The number of para-hydroxylation sites is 1. The van der Waals surface area contributed by atoms with Crippen LogP contribution in [0.15, 0.2) is 33.9 Å². The van der Waals surface area contributed by atoms with Crippen molar-refractivity contribution in [2.45, 2.75) is 36.7 Å². The molecule has 0 unspecified atom stereocenters. The summed E-state index contributed by atoms with van der Waals surface area (Å²) < 4.78 is 12.8. The molecule has 3 aromatic rings. The molecule has 24 heavy (non-hydrogen) atoms. The van der Waals surface area contributed by atoms with Crippen molar-refractivity contribution >= 4 is 11.8 Å². The van der Waals surface area contributed by atoms with Crippen molar-refractivity contribution in [3.05, 3.63) is 30.2 Å². The molecule has 1 aromatic carbocycles. The number of ether oxygens (including phenoxy) is 1. The Kier molecular flexibility index (Phi) is 4.16.